The van der Waals surface area contributed by atoms with Gasteiger partial charge in [0.2, 0.25) is 0 Å². The molecule has 17 heavy (non-hydrogen) atoms. The molecule has 2 rings (SSSR count). The van der Waals surface area contributed by atoms with Gasteiger partial charge in [-0.05, 0) is 36.8 Å². The molecule has 0 heterocycles. The monoisotopic (exact) mass is 229 g/mol. The maximum Gasteiger partial charge on any atom is 0.269 e. The highest BCUT2D eigenvalue weighted by Crippen LogP contribution is 2.24. The summed E-state index contributed by atoms with van der Waals surface area (Å²) in [5.41, 5.74) is 1.16. The molecule has 0 spiro atoms. The number of nitro benzene ring substituents is 1. The van der Waals surface area contributed by atoms with Crippen LogP contribution in [0.4, 0.5) is 5.69 Å². The topological polar surface area (TPSA) is 52.4 Å². The Morgan fingerprint density at radius 1 is 1.06 bits per heavy atom. The van der Waals surface area contributed by atoms with Crippen molar-refractivity contribution in [2.45, 2.75) is 6.92 Å². The molecule has 86 valence electrons. The molecular formula is C13H11NO3. The highest BCUT2D eigenvalue weighted by molar-refractivity contribution is 5.39. The molecule has 0 saturated heterocycles. The minimum absolute atomic E-state index is 0.0570. The molecule has 0 unspecified atom stereocenters. The molecule has 0 saturated carbocycles. The number of aryl methyl sites for hydroxylation is 1. The van der Waals surface area contributed by atoms with E-state index in [1.807, 2.05) is 31.2 Å². The first-order valence-electron chi connectivity index (χ1n) is 5.14. The molecule has 0 amide bonds. The maximum absolute atomic E-state index is 10.5. The van der Waals surface area contributed by atoms with Gasteiger partial charge in [-0.25, -0.2) is 0 Å². The third-order valence-electron chi connectivity index (χ3n) is 2.27. The first kappa shape index (κ1) is 11.1. The van der Waals surface area contributed by atoms with Crippen molar-refractivity contribution in [2.75, 3.05) is 0 Å². The van der Waals surface area contributed by atoms with Gasteiger partial charge in [-0.3, -0.25) is 10.1 Å². The fourth-order valence-corrected chi connectivity index (χ4v) is 1.45. The first-order valence-corrected chi connectivity index (χ1v) is 5.14. The van der Waals surface area contributed by atoms with Crippen molar-refractivity contribution < 1.29 is 9.66 Å². The third kappa shape index (κ3) is 2.81. The second-order valence-corrected chi connectivity index (χ2v) is 3.67. The second-order valence-electron chi connectivity index (χ2n) is 3.67. The molecule has 4 heteroatoms. The van der Waals surface area contributed by atoms with Crippen LogP contribution in [-0.2, 0) is 0 Å². The van der Waals surface area contributed by atoms with Gasteiger partial charge in [-0.15, -0.1) is 0 Å². The highest BCUT2D eigenvalue weighted by atomic mass is 16.6. The van der Waals surface area contributed by atoms with Crippen molar-refractivity contribution in [3.8, 4) is 11.5 Å². The van der Waals surface area contributed by atoms with Gasteiger partial charge in [0, 0.05) is 12.1 Å². The quantitative estimate of drug-likeness (QED) is 0.595. The lowest BCUT2D eigenvalue weighted by atomic mass is 10.2. The number of hydrogen-bond acceptors (Lipinski definition) is 3. The molecule has 0 fully saturated rings. The van der Waals surface area contributed by atoms with Crippen LogP contribution in [0.15, 0.2) is 48.5 Å². The summed E-state index contributed by atoms with van der Waals surface area (Å²) in [5.74, 6) is 1.31. The normalized spacial score (nSPS) is 9.94. The van der Waals surface area contributed by atoms with Crippen molar-refractivity contribution >= 4 is 5.69 Å². The molecule has 4 nitrogen and oxygen atoms in total. The second kappa shape index (κ2) is 4.65. The molecule has 0 aliphatic rings. The first-order chi connectivity index (χ1) is 8.15. The summed E-state index contributed by atoms with van der Waals surface area (Å²) in [6.45, 7) is 1.97. The average molecular weight is 229 g/mol. The van der Waals surface area contributed by atoms with E-state index in [0.717, 1.165) is 11.3 Å². The molecule has 2 aromatic carbocycles. The Bertz CT molecular complexity index is 535. The van der Waals surface area contributed by atoms with Crippen molar-refractivity contribution in [2.24, 2.45) is 0 Å². The van der Waals surface area contributed by atoms with E-state index in [-0.39, 0.29) is 5.69 Å². The number of nitro groups is 1. The fourth-order valence-electron chi connectivity index (χ4n) is 1.45. The number of benzene rings is 2. The van der Waals surface area contributed by atoms with E-state index in [1.165, 1.54) is 12.1 Å². The van der Waals surface area contributed by atoms with Crippen LogP contribution in [0.25, 0.3) is 0 Å². The zero-order chi connectivity index (χ0) is 12.3. The van der Waals surface area contributed by atoms with Gasteiger partial charge in [0.15, 0.2) is 0 Å². The molecule has 2 aromatic rings. The Hall–Kier alpha value is -2.36. The maximum atomic E-state index is 10.5. The van der Waals surface area contributed by atoms with Crippen molar-refractivity contribution in [3.05, 3.63) is 64.2 Å². The Labute approximate surface area is 98.6 Å². The Morgan fingerprint density at radius 2 is 1.76 bits per heavy atom. The minimum Gasteiger partial charge on any atom is -0.457 e. The smallest absolute Gasteiger partial charge is 0.269 e. The molecular weight excluding hydrogens is 218 g/mol. The zero-order valence-electron chi connectivity index (χ0n) is 9.29. The van der Waals surface area contributed by atoms with Gasteiger partial charge in [0.1, 0.15) is 11.5 Å². The molecule has 0 aliphatic carbocycles. The molecule has 0 aliphatic heterocycles. The zero-order valence-corrected chi connectivity index (χ0v) is 9.29. The van der Waals surface area contributed by atoms with E-state index < -0.39 is 4.92 Å². The van der Waals surface area contributed by atoms with Crippen molar-refractivity contribution in [1.29, 1.82) is 0 Å². The Morgan fingerprint density at radius 3 is 2.35 bits per heavy atom. The summed E-state index contributed by atoms with van der Waals surface area (Å²) < 4.78 is 5.57. The molecule has 0 bridgehead atoms. The summed E-state index contributed by atoms with van der Waals surface area (Å²) in [5, 5.41) is 10.5. The van der Waals surface area contributed by atoms with Crippen LogP contribution in [0, 0.1) is 17.0 Å². The van der Waals surface area contributed by atoms with Crippen LogP contribution in [0.3, 0.4) is 0 Å². The van der Waals surface area contributed by atoms with Crippen molar-refractivity contribution in [1.82, 2.24) is 0 Å². The molecule has 0 N–H and O–H groups in total. The van der Waals surface area contributed by atoms with Crippen LogP contribution in [0.1, 0.15) is 5.56 Å². The SMILES string of the molecule is Cc1cccc(Oc2ccc([N+](=O)[O-])cc2)c1. The number of hydrogen-bond donors (Lipinski definition) is 0. The van der Waals surface area contributed by atoms with Crippen LogP contribution in [-0.4, -0.2) is 4.92 Å². The number of rotatable bonds is 3. The minimum atomic E-state index is -0.434. The predicted octanol–water partition coefficient (Wildman–Crippen LogP) is 3.70. The molecule has 0 aromatic heterocycles. The van der Waals surface area contributed by atoms with Gasteiger partial charge in [-0.2, -0.15) is 0 Å². The summed E-state index contributed by atoms with van der Waals surface area (Å²) in [6, 6.07) is 13.6. The molecule has 0 radical (unpaired) electrons. The highest BCUT2D eigenvalue weighted by Gasteiger charge is 2.04. The fraction of sp³-hybridized carbons (Fsp3) is 0.0769. The lowest BCUT2D eigenvalue weighted by molar-refractivity contribution is -0.384. The summed E-state index contributed by atoms with van der Waals surface area (Å²) >= 11 is 0. The van der Waals surface area contributed by atoms with Crippen molar-refractivity contribution in [3.63, 3.8) is 0 Å². The summed E-state index contributed by atoms with van der Waals surface area (Å²) in [4.78, 5) is 10.0. The van der Waals surface area contributed by atoms with Gasteiger partial charge < -0.3 is 4.74 Å². The van der Waals surface area contributed by atoms with E-state index in [4.69, 9.17) is 4.74 Å². The number of ether oxygens (including phenoxy) is 1. The lowest BCUT2D eigenvalue weighted by Gasteiger charge is -2.05. The van der Waals surface area contributed by atoms with E-state index in [0.29, 0.717) is 5.75 Å². The number of non-ortho nitro benzene ring substituents is 1. The molecule has 0 atom stereocenters. The van der Waals surface area contributed by atoms with Gasteiger partial charge in [-0.1, -0.05) is 12.1 Å². The number of nitrogens with zero attached hydrogens (tertiary/aromatic N) is 1. The van der Waals surface area contributed by atoms with Gasteiger partial charge >= 0.3 is 0 Å². The summed E-state index contributed by atoms with van der Waals surface area (Å²) in [7, 11) is 0. The third-order valence-corrected chi connectivity index (χ3v) is 2.27. The Balaban J connectivity index is 2.16. The predicted molar refractivity (Wildman–Crippen MR) is 64.3 cm³/mol. The van der Waals surface area contributed by atoms with E-state index in [9.17, 15) is 10.1 Å². The standard InChI is InChI=1S/C13H11NO3/c1-10-3-2-4-13(9-10)17-12-7-5-11(6-8-12)14(15)16/h2-9H,1H3. The lowest BCUT2D eigenvalue weighted by Crippen LogP contribution is -1.88. The van der Waals surface area contributed by atoms with Crippen LogP contribution < -0.4 is 4.74 Å². The van der Waals surface area contributed by atoms with E-state index in [2.05, 4.69) is 0 Å². The van der Waals surface area contributed by atoms with Gasteiger partial charge in [0.25, 0.3) is 5.69 Å². The largest absolute Gasteiger partial charge is 0.457 e. The van der Waals surface area contributed by atoms with Gasteiger partial charge in [0.05, 0.1) is 4.92 Å². The summed E-state index contributed by atoms with van der Waals surface area (Å²) in [6.07, 6.45) is 0. The van der Waals surface area contributed by atoms with E-state index >= 15 is 0 Å². The van der Waals surface area contributed by atoms with Crippen LogP contribution >= 0.6 is 0 Å². The average Bonchev–Trinajstić information content (AvgIpc) is 2.29. The van der Waals surface area contributed by atoms with Crippen LogP contribution in [0.2, 0.25) is 0 Å². The van der Waals surface area contributed by atoms with Crippen LogP contribution in [0.5, 0.6) is 11.5 Å². The Kier molecular flexibility index (Phi) is 3.05. The van der Waals surface area contributed by atoms with E-state index in [1.54, 1.807) is 12.1 Å².